The minimum atomic E-state index is -0.710. The van der Waals surface area contributed by atoms with Crippen LogP contribution in [-0.2, 0) is 20.8 Å². The fourth-order valence-corrected chi connectivity index (χ4v) is 4.44. The molecule has 0 aromatic heterocycles. The van der Waals surface area contributed by atoms with Gasteiger partial charge in [0, 0.05) is 13.1 Å². The van der Waals surface area contributed by atoms with E-state index in [-0.39, 0.29) is 29.9 Å². The van der Waals surface area contributed by atoms with Crippen LogP contribution in [0.5, 0.6) is 0 Å². The average Bonchev–Trinajstić information content (AvgIpc) is 2.87. The zero-order valence-corrected chi connectivity index (χ0v) is 13.7. The highest BCUT2D eigenvalue weighted by Crippen LogP contribution is 2.35. The van der Waals surface area contributed by atoms with Crippen LogP contribution in [0.25, 0.3) is 0 Å². The van der Waals surface area contributed by atoms with Crippen LogP contribution in [0.3, 0.4) is 0 Å². The first-order valence-corrected chi connectivity index (χ1v) is 8.80. The fourth-order valence-electron chi connectivity index (χ4n) is 4.44. The largest absolute Gasteiger partial charge is 0.343 e. The molecular formula is C19H22N2O3. The van der Waals surface area contributed by atoms with Crippen molar-refractivity contribution in [3.63, 3.8) is 0 Å². The van der Waals surface area contributed by atoms with Gasteiger partial charge in [-0.25, -0.2) is 0 Å². The number of benzene rings is 1. The lowest BCUT2D eigenvalue weighted by Crippen LogP contribution is -2.56. The molecule has 1 aliphatic carbocycles. The maximum absolute atomic E-state index is 13.0. The number of piperidine rings is 1. The summed E-state index contributed by atoms with van der Waals surface area (Å²) in [4.78, 5) is 38.5. The zero-order chi connectivity index (χ0) is 16.7. The first-order valence-electron chi connectivity index (χ1n) is 8.80. The Bertz CT molecular complexity index is 704. The Hall–Kier alpha value is -2.17. The van der Waals surface area contributed by atoms with Crippen LogP contribution in [-0.4, -0.2) is 41.1 Å². The van der Waals surface area contributed by atoms with Crippen LogP contribution in [0, 0.1) is 0 Å². The van der Waals surface area contributed by atoms with Gasteiger partial charge in [0.25, 0.3) is 0 Å². The molecule has 2 aliphatic heterocycles. The quantitative estimate of drug-likeness (QED) is 0.797. The van der Waals surface area contributed by atoms with E-state index >= 15 is 0 Å². The van der Waals surface area contributed by atoms with Gasteiger partial charge in [-0.15, -0.1) is 0 Å². The van der Waals surface area contributed by atoms with Crippen LogP contribution < -0.4 is 5.32 Å². The maximum atomic E-state index is 13.0. The molecule has 3 aliphatic rings. The van der Waals surface area contributed by atoms with Crippen molar-refractivity contribution in [3.8, 4) is 0 Å². The summed E-state index contributed by atoms with van der Waals surface area (Å²) in [5, 5.41) is 2.85. The lowest BCUT2D eigenvalue weighted by atomic mass is 9.80. The number of hydrogen-bond acceptors (Lipinski definition) is 3. The highest BCUT2D eigenvalue weighted by atomic mass is 16.2. The Morgan fingerprint density at radius 3 is 2.62 bits per heavy atom. The number of nitrogens with one attached hydrogen (secondary N) is 1. The Morgan fingerprint density at radius 2 is 1.92 bits per heavy atom. The molecule has 1 spiro atoms. The number of fused-ring (bicyclic) bond motifs is 1. The third kappa shape index (κ3) is 2.43. The number of carbonyl (C=O) groups is 3. The second-order valence-corrected chi connectivity index (χ2v) is 7.20. The molecule has 2 fully saturated rings. The highest BCUT2D eigenvalue weighted by molar-refractivity contribution is 6.10. The summed E-state index contributed by atoms with van der Waals surface area (Å²) in [5.41, 5.74) is 1.74. The molecule has 1 atom stereocenters. The van der Waals surface area contributed by atoms with Crippen molar-refractivity contribution in [2.24, 2.45) is 0 Å². The minimum Gasteiger partial charge on any atom is -0.343 e. The molecular weight excluding hydrogens is 304 g/mol. The van der Waals surface area contributed by atoms with E-state index in [0.717, 1.165) is 19.3 Å². The first kappa shape index (κ1) is 15.4. The van der Waals surface area contributed by atoms with Gasteiger partial charge in [0.05, 0.1) is 12.3 Å². The third-order valence-electron chi connectivity index (χ3n) is 5.83. The molecule has 4 rings (SSSR count). The number of ketones is 1. The van der Waals surface area contributed by atoms with Gasteiger partial charge < -0.3 is 10.2 Å². The van der Waals surface area contributed by atoms with Gasteiger partial charge in [0.1, 0.15) is 5.54 Å². The van der Waals surface area contributed by atoms with E-state index in [0.29, 0.717) is 25.9 Å². The zero-order valence-electron chi connectivity index (χ0n) is 13.7. The number of amides is 2. The lowest BCUT2D eigenvalue weighted by Gasteiger charge is -2.40. The fraction of sp³-hybridized carbons (Fsp3) is 0.526. The summed E-state index contributed by atoms with van der Waals surface area (Å²) < 4.78 is 0. The number of likely N-dealkylation sites (tertiary alicyclic amines) is 1. The Morgan fingerprint density at radius 1 is 1.17 bits per heavy atom. The van der Waals surface area contributed by atoms with Gasteiger partial charge in [-0.05, 0) is 43.2 Å². The standard InChI is InChI=1S/C19H22N2O3/c22-16-12-17(23)20-19(16)8-10-21(11-9-19)18(24)15-7-3-5-13-4-1-2-6-14(13)15/h1-2,4,6,15H,3,5,7-12H2,(H,20,23). The first-order chi connectivity index (χ1) is 11.6. The van der Waals surface area contributed by atoms with Gasteiger partial charge >= 0.3 is 0 Å². The molecule has 0 saturated carbocycles. The molecule has 126 valence electrons. The second kappa shape index (κ2) is 5.72. The average molecular weight is 326 g/mol. The van der Waals surface area contributed by atoms with Gasteiger partial charge in [-0.3, -0.25) is 14.4 Å². The highest BCUT2D eigenvalue weighted by Gasteiger charge is 2.48. The normalized spacial score (nSPS) is 25.5. The van der Waals surface area contributed by atoms with E-state index < -0.39 is 5.54 Å². The van der Waals surface area contributed by atoms with Crippen LogP contribution in [0.15, 0.2) is 24.3 Å². The van der Waals surface area contributed by atoms with Crippen molar-refractivity contribution in [3.05, 3.63) is 35.4 Å². The predicted octanol–water partition coefficient (Wildman–Crippen LogP) is 1.56. The number of nitrogens with zero attached hydrogens (tertiary/aromatic N) is 1. The molecule has 0 radical (unpaired) electrons. The molecule has 5 nitrogen and oxygen atoms in total. The maximum Gasteiger partial charge on any atom is 0.230 e. The van der Waals surface area contributed by atoms with Crippen LogP contribution in [0.4, 0.5) is 0 Å². The number of hydrogen-bond donors (Lipinski definition) is 1. The molecule has 2 saturated heterocycles. The van der Waals surface area contributed by atoms with Gasteiger partial charge in [0.15, 0.2) is 5.78 Å². The summed E-state index contributed by atoms with van der Waals surface area (Å²) >= 11 is 0. The van der Waals surface area contributed by atoms with E-state index in [1.807, 2.05) is 17.0 Å². The second-order valence-electron chi connectivity index (χ2n) is 7.20. The van der Waals surface area contributed by atoms with Crippen molar-refractivity contribution in [1.29, 1.82) is 0 Å². The van der Waals surface area contributed by atoms with Crippen molar-refractivity contribution < 1.29 is 14.4 Å². The lowest BCUT2D eigenvalue weighted by molar-refractivity contribution is -0.137. The summed E-state index contributed by atoms with van der Waals surface area (Å²) in [6, 6.07) is 8.23. The summed E-state index contributed by atoms with van der Waals surface area (Å²) in [6.07, 6.45) is 4.05. The topological polar surface area (TPSA) is 66.5 Å². The van der Waals surface area contributed by atoms with Gasteiger partial charge in [0.2, 0.25) is 11.8 Å². The number of aryl methyl sites for hydroxylation is 1. The van der Waals surface area contributed by atoms with E-state index in [2.05, 4.69) is 17.4 Å². The number of rotatable bonds is 1. The van der Waals surface area contributed by atoms with Crippen LogP contribution in [0.1, 0.15) is 49.1 Å². The minimum absolute atomic E-state index is 0.00997. The molecule has 0 bridgehead atoms. The third-order valence-corrected chi connectivity index (χ3v) is 5.83. The molecule has 1 aromatic rings. The monoisotopic (exact) mass is 326 g/mol. The SMILES string of the molecule is O=C1CC(=O)C2(CCN(C(=O)C3CCCc4ccccc43)CC2)N1. The molecule has 5 heteroatoms. The van der Waals surface area contributed by atoms with Crippen molar-refractivity contribution >= 4 is 17.6 Å². The molecule has 1 N–H and O–H groups in total. The van der Waals surface area contributed by atoms with E-state index in [9.17, 15) is 14.4 Å². The Labute approximate surface area is 141 Å². The van der Waals surface area contributed by atoms with Crippen molar-refractivity contribution in [1.82, 2.24) is 10.2 Å². The molecule has 24 heavy (non-hydrogen) atoms. The molecule has 1 aromatic carbocycles. The summed E-state index contributed by atoms with van der Waals surface area (Å²) in [5.74, 6) is -0.0739. The van der Waals surface area contributed by atoms with Crippen molar-refractivity contribution in [2.45, 2.75) is 50.0 Å². The number of carbonyl (C=O) groups excluding carboxylic acids is 3. The number of Topliss-reactive ketones (excluding diaryl/α,β-unsaturated/α-hetero) is 1. The molecule has 2 amide bonds. The van der Waals surface area contributed by atoms with E-state index in [1.165, 1.54) is 11.1 Å². The predicted molar refractivity (Wildman–Crippen MR) is 88.4 cm³/mol. The van der Waals surface area contributed by atoms with Crippen LogP contribution >= 0.6 is 0 Å². The van der Waals surface area contributed by atoms with Crippen LogP contribution in [0.2, 0.25) is 0 Å². The molecule has 2 heterocycles. The Kier molecular flexibility index (Phi) is 3.66. The Balaban J connectivity index is 1.48. The van der Waals surface area contributed by atoms with Crippen molar-refractivity contribution in [2.75, 3.05) is 13.1 Å². The van der Waals surface area contributed by atoms with Gasteiger partial charge in [-0.2, -0.15) is 0 Å². The molecule has 1 unspecified atom stereocenters. The summed E-state index contributed by atoms with van der Waals surface area (Å²) in [6.45, 7) is 1.09. The summed E-state index contributed by atoms with van der Waals surface area (Å²) in [7, 11) is 0. The van der Waals surface area contributed by atoms with E-state index in [1.54, 1.807) is 0 Å². The van der Waals surface area contributed by atoms with E-state index in [4.69, 9.17) is 0 Å². The van der Waals surface area contributed by atoms with Gasteiger partial charge in [-0.1, -0.05) is 24.3 Å². The smallest absolute Gasteiger partial charge is 0.230 e.